The van der Waals surface area contributed by atoms with Crippen molar-refractivity contribution in [3.63, 3.8) is 0 Å². The van der Waals surface area contributed by atoms with E-state index in [1.807, 2.05) is 30.5 Å². The van der Waals surface area contributed by atoms with Crippen LogP contribution in [0.5, 0.6) is 0 Å². The van der Waals surface area contributed by atoms with Gasteiger partial charge in [-0.15, -0.1) is 11.8 Å². The minimum Gasteiger partial charge on any atom is -0.469 e. The molecule has 0 saturated heterocycles. The maximum Gasteiger partial charge on any atom is 0.259 e. The van der Waals surface area contributed by atoms with E-state index in [9.17, 15) is 4.79 Å². The molecule has 2 aromatic rings. The summed E-state index contributed by atoms with van der Waals surface area (Å²) in [5.41, 5.74) is 1.35. The molecule has 2 rings (SSSR count). The predicted molar refractivity (Wildman–Crippen MR) is 69.6 cm³/mol. The lowest BCUT2D eigenvalue weighted by Crippen LogP contribution is -2.11. The molecule has 0 fully saturated rings. The number of amides is 1. The summed E-state index contributed by atoms with van der Waals surface area (Å²) < 4.78 is 5.10. The third-order valence-corrected chi connectivity index (χ3v) is 3.19. The second-order valence-electron chi connectivity index (χ2n) is 3.57. The Kier molecular flexibility index (Phi) is 3.54. The molecule has 0 unspecified atom stereocenters. The summed E-state index contributed by atoms with van der Waals surface area (Å²) >= 11 is 1.67. The van der Waals surface area contributed by atoms with Gasteiger partial charge in [0.2, 0.25) is 0 Å². The number of hydrogen-bond donors (Lipinski definition) is 1. The standard InChI is InChI=1S/C13H13NO2S/c1-9-12(7-8-16-9)13(15)14-10-3-5-11(17-2)6-4-10/h3-8H,1-2H3,(H,14,15). The Morgan fingerprint density at radius 2 is 1.94 bits per heavy atom. The van der Waals surface area contributed by atoms with E-state index in [1.165, 1.54) is 11.2 Å². The molecule has 88 valence electrons. The highest BCUT2D eigenvalue weighted by molar-refractivity contribution is 7.98. The lowest BCUT2D eigenvalue weighted by atomic mass is 10.2. The van der Waals surface area contributed by atoms with E-state index in [-0.39, 0.29) is 5.91 Å². The minimum absolute atomic E-state index is 0.145. The molecule has 1 amide bonds. The third-order valence-electron chi connectivity index (χ3n) is 2.45. The second-order valence-corrected chi connectivity index (χ2v) is 4.45. The fourth-order valence-corrected chi connectivity index (χ4v) is 1.90. The number of nitrogens with one attached hydrogen (secondary N) is 1. The van der Waals surface area contributed by atoms with Crippen molar-refractivity contribution < 1.29 is 9.21 Å². The van der Waals surface area contributed by atoms with Crippen molar-refractivity contribution in [1.29, 1.82) is 0 Å². The van der Waals surface area contributed by atoms with E-state index in [4.69, 9.17) is 4.42 Å². The summed E-state index contributed by atoms with van der Waals surface area (Å²) in [5, 5.41) is 2.83. The molecule has 1 N–H and O–H groups in total. The molecule has 3 nitrogen and oxygen atoms in total. The topological polar surface area (TPSA) is 42.2 Å². The van der Waals surface area contributed by atoms with Crippen LogP contribution >= 0.6 is 11.8 Å². The van der Waals surface area contributed by atoms with Gasteiger partial charge in [-0.1, -0.05) is 0 Å². The molecule has 0 aliphatic rings. The summed E-state index contributed by atoms with van der Waals surface area (Å²) in [6.07, 6.45) is 3.53. The Morgan fingerprint density at radius 1 is 1.24 bits per heavy atom. The first-order chi connectivity index (χ1) is 8.20. The molecule has 4 heteroatoms. The van der Waals surface area contributed by atoms with Gasteiger partial charge in [-0.25, -0.2) is 0 Å². The molecule has 0 saturated carbocycles. The smallest absolute Gasteiger partial charge is 0.259 e. The Bertz CT molecular complexity index is 516. The Labute approximate surface area is 104 Å². The highest BCUT2D eigenvalue weighted by Crippen LogP contribution is 2.18. The fraction of sp³-hybridized carbons (Fsp3) is 0.154. The second kappa shape index (κ2) is 5.10. The number of thioether (sulfide) groups is 1. The van der Waals surface area contributed by atoms with E-state index in [2.05, 4.69) is 5.32 Å². The minimum atomic E-state index is -0.145. The van der Waals surface area contributed by atoms with E-state index in [1.54, 1.807) is 24.8 Å². The highest BCUT2D eigenvalue weighted by atomic mass is 32.2. The molecule has 0 aliphatic heterocycles. The average Bonchev–Trinajstić information content (AvgIpc) is 2.76. The molecule has 1 aromatic carbocycles. The van der Waals surface area contributed by atoms with E-state index >= 15 is 0 Å². The third kappa shape index (κ3) is 2.71. The predicted octanol–water partition coefficient (Wildman–Crippen LogP) is 3.56. The van der Waals surface area contributed by atoms with Crippen LogP contribution in [0.4, 0.5) is 5.69 Å². The SMILES string of the molecule is CSc1ccc(NC(=O)c2ccoc2C)cc1. The maximum atomic E-state index is 11.9. The Balaban J connectivity index is 2.10. The number of aryl methyl sites for hydroxylation is 1. The molecule has 0 spiro atoms. The molecule has 1 aromatic heterocycles. The van der Waals surface area contributed by atoms with Crippen molar-refractivity contribution in [3.05, 3.63) is 47.9 Å². The van der Waals surface area contributed by atoms with Gasteiger partial charge in [-0.05, 0) is 43.5 Å². The van der Waals surface area contributed by atoms with Crippen LogP contribution in [0.1, 0.15) is 16.1 Å². The molecule has 1 heterocycles. The van der Waals surface area contributed by atoms with Gasteiger partial charge in [0.25, 0.3) is 5.91 Å². The molecule has 0 aliphatic carbocycles. The van der Waals surface area contributed by atoms with Gasteiger partial charge in [0.15, 0.2) is 0 Å². The normalized spacial score (nSPS) is 10.2. The summed E-state index contributed by atoms with van der Waals surface area (Å²) in [4.78, 5) is 13.0. The van der Waals surface area contributed by atoms with Crippen LogP contribution in [-0.4, -0.2) is 12.2 Å². The zero-order chi connectivity index (χ0) is 12.3. The van der Waals surface area contributed by atoms with Crippen LogP contribution in [-0.2, 0) is 0 Å². The molecular weight excluding hydrogens is 234 g/mol. The van der Waals surface area contributed by atoms with Gasteiger partial charge in [-0.2, -0.15) is 0 Å². The Hall–Kier alpha value is -1.68. The van der Waals surface area contributed by atoms with Gasteiger partial charge in [0.1, 0.15) is 5.76 Å². The van der Waals surface area contributed by atoms with Crippen molar-refractivity contribution in [3.8, 4) is 0 Å². The largest absolute Gasteiger partial charge is 0.469 e. The van der Waals surface area contributed by atoms with Gasteiger partial charge in [0.05, 0.1) is 11.8 Å². The van der Waals surface area contributed by atoms with Gasteiger partial charge in [-0.3, -0.25) is 4.79 Å². The van der Waals surface area contributed by atoms with E-state index in [0.717, 1.165) is 5.69 Å². The molecule has 0 bridgehead atoms. The van der Waals surface area contributed by atoms with Crippen LogP contribution in [0.3, 0.4) is 0 Å². The Morgan fingerprint density at radius 3 is 2.47 bits per heavy atom. The monoisotopic (exact) mass is 247 g/mol. The number of anilines is 1. The maximum absolute atomic E-state index is 11.9. The zero-order valence-electron chi connectivity index (χ0n) is 9.69. The first-order valence-corrected chi connectivity index (χ1v) is 6.42. The van der Waals surface area contributed by atoms with Gasteiger partial charge < -0.3 is 9.73 Å². The summed E-state index contributed by atoms with van der Waals surface area (Å²) in [6.45, 7) is 1.77. The lowest BCUT2D eigenvalue weighted by Gasteiger charge is -2.04. The zero-order valence-corrected chi connectivity index (χ0v) is 10.5. The van der Waals surface area contributed by atoms with Gasteiger partial charge >= 0.3 is 0 Å². The van der Waals surface area contributed by atoms with E-state index < -0.39 is 0 Å². The molecular formula is C13H13NO2S. The lowest BCUT2D eigenvalue weighted by molar-refractivity contribution is 0.102. The number of carbonyl (C=O) groups excluding carboxylic acids is 1. The first-order valence-electron chi connectivity index (χ1n) is 5.20. The van der Waals surface area contributed by atoms with Crippen LogP contribution < -0.4 is 5.32 Å². The van der Waals surface area contributed by atoms with Crippen molar-refractivity contribution in [2.45, 2.75) is 11.8 Å². The summed E-state index contributed by atoms with van der Waals surface area (Å²) in [6, 6.07) is 9.39. The molecule has 17 heavy (non-hydrogen) atoms. The number of rotatable bonds is 3. The van der Waals surface area contributed by atoms with Crippen molar-refractivity contribution >= 4 is 23.4 Å². The fourth-order valence-electron chi connectivity index (χ4n) is 1.49. The quantitative estimate of drug-likeness (QED) is 0.843. The highest BCUT2D eigenvalue weighted by Gasteiger charge is 2.11. The molecule has 0 atom stereocenters. The number of carbonyl (C=O) groups is 1. The van der Waals surface area contributed by atoms with Crippen molar-refractivity contribution in [2.75, 3.05) is 11.6 Å². The van der Waals surface area contributed by atoms with Crippen molar-refractivity contribution in [1.82, 2.24) is 0 Å². The number of hydrogen-bond acceptors (Lipinski definition) is 3. The first kappa shape index (κ1) is 11.8. The van der Waals surface area contributed by atoms with E-state index in [0.29, 0.717) is 11.3 Å². The van der Waals surface area contributed by atoms with Crippen molar-refractivity contribution in [2.24, 2.45) is 0 Å². The average molecular weight is 247 g/mol. The van der Waals surface area contributed by atoms with Crippen LogP contribution in [0, 0.1) is 6.92 Å². The molecule has 0 radical (unpaired) electrons. The van der Waals surface area contributed by atoms with Gasteiger partial charge in [0, 0.05) is 10.6 Å². The van der Waals surface area contributed by atoms with Crippen LogP contribution in [0.2, 0.25) is 0 Å². The summed E-state index contributed by atoms with van der Waals surface area (Å²) in [7, 11) is 0. The summed E-state index contributed by atoms with van der Waals surface area (Å²) in [5.74, 6) is 0.483. The van der Waals surface area contributed by atoms with Crippen LogP contribution in [0.15, 0.2) is 45.9 Å². The number of benzene rings is 1. The number of furan rings is 1. The van der Waals surface area contributed by atoms with Crippen LogP contribution in [0.25, 0.3) is 0 Å².